The van der Waals surface area contributed by atoms with Gasteiger partial charge in [0.25, 0.3) is 0 Å². The Hall–Kier alpha value is -2.03. The second kappa shape index (κ2) is 8.11. The summed E-state index contributed by atoms with van der Waals surface area (Å²) in [5, 5.41) is 14.1. The molecule has 0 bridgehead atoms. The van der Waals surface area contributed by atoms with E-state index in [-0.39, 0.29) is 11.2 Å². The van der Waals surface area contributed by atoms with Gasteiger partial charge in [-0.3, -0.25) is 4.79 Å². The van der Waals surface area contributed by atoms with Gasteiger partial charge in [-0.1, -0.05) is 29.4 Å². The zero-order valence-electron chi connectivity index (χ0n) is 14.4. The monoisotopic (exact) mass is 408 g/mol. The lowest BCUT2D eigenvalue weighted by atomic mass is 10.3. The maximum absolute atomic E-state index is 12.6. The number of amides is 1. The Kier molecular flexibility index (Phi) is 5.85. The summed E-state index contributed by atoms with van der Waals surface area (Å²) in [6, 6.07) is 9.04. The van der Waals surface area contributed by atoms with Crippen molar-refractivity contribution >= 4 is 46.3 Å². The number of thiophene rings is 1. The van der Waals surface area contributed by atoms with E-state index in [1.54, 1.807) is 36.6 Å². The summed E-state index contributed by atoms with van der Waals surface area (Å²) >= 11 is 8.95. The van der Waals surface area contributed by atoms with Crippen LogP contribution in [0.25, 0.3) is 10.7 Å². The zero-order chi connectivity index (χ0) is 18.7. The van der Waals surface area contributed by atoms with E-state index in [1.807, 2.05) is 36.1 Å². The number of thioether (sulfide) groups is 1. The van der Waals surface area contributed by atoms with Crippen molar-refractivity contribution in [3.63, 3.8) is 0 Å². The molecule has 1 unspecified atom stereocenters. The molecule has 136 valence electrons. The number of ether oxygens (including phenoxy) is 1. The lowest BCUT2D eigenvalue weighted by Gasteiger charge is -2.14. The summed E-state index contributed by atoms with van der Waals surface area (Å²) in [7, 11) is 3.44. The summed E-state index contributed by atoms with van der Waals surface area (Å²) in [5.74, 6) is 1.17. The van der Waals surface area contributed by atoms with Crippen molar-refractivity contribution in [2.75, 3.05) is 12.4 Å². The maximum Gasteiger partial charge on any atom is 0.237 e. The highest BCUT2D eigenvalue weighted by Crippen LogP contribution is 2.31. The highest BCUT2D eigenvalue weighted by atomic mass is 35.5. The van der Waals surface area contributed by atoms with Crippen molar-refractivity contribution < 1.29 is 9.53 Å². The molecule has 0 radical (unpaired) electrons. The normalized spacial score (nSPS) is 12.0. The average molecular weight is 409 g/mol. The molecule has 26 heavy (non-hydrogen) atoms. The predicted molar refractivity (Wildman–Crippen MR) is 106 cm³/mol. The van der Waals surface area contributed by atoms with E-state index in [9.17, 15) is 4.79 Å². The third kappa shape index (κ3) is 4.03. The molecule has 3 rings (SSSR count). The minimum Gasteiger partial charge on any atom is -0.495 e. The minimum absolute atomic E-state index is 0.170. The van der Waals surface area contributed by atoms with Crippen molar-refractivity contribution in [1.82, 2.24) is 14.8 Å². The van der Waals surface area contributed by atoms with Crippen molar-refractivity contribution in [3.8, 4) is 16.5 Å². The highest BCUT2D eigenvalue weighted by molar-refractivity contribution is 8.00. The van der Waals surface area contributed by atoms with Gasteiger partial charge in [0.1, 0.15) is 5.75 Å². The van der Waals surface area contributed by atoms with Gasteiger partial charge >= 0.3 is 0 Å². The highest BCUT2D eigenvalue weighted by Gasteiger charge is 2.20. The van der Waals surface area contributed by atoms with E-state index < -0.39 is 0 Å². The molecule has 2 aromatic heterocycles. The van der Waals surface area contributed by atoms with Crippen molar-refractivity contribution in [1.29, 1.82) is 0 Å². The average Bonchev–Trinajstić information content (AvgIpc) is 3.25. The minimum atomic E-state index is -0.377. The molecule has 1 aromatic carbocycles. The van der Waals surface area contributed by atoms with Crippen LogP contribution in [0.4, 0.5) is 5.69 Å². The molecule has 0 saturated heterocycles. The lowest BCUT2D eigenvalue weighted by Crippen LogP contribution is -2.23. The van der Waals surface area contributed by atoms with Crippen LogP contribution >= 0.6 is 34.7 Å². The largest absolute Gasteiger partial charge is 0.495 e. The molecule has 1 N–H and O–H groups in total. The number of benzene rings is 1. The summed E-state index contributed by atoms with van der Waals surface area (Å²) in [4.78, 5) is 13.6. The van der Waals surface area contributed by atoms with Gasteiger partial charge in [-0.15, -0.1) is 21.5 Å². The van der Waals surface area contributed by atoms with Crippen LogP contribution in [0.2, 0.25) is 5.02 Å². The van der Waals surface area contributed by atoms with E-state index in [1.165, 1.54) is 11.8 Å². The quantitative estimate of drug-likeness (QED) is 0.615. The predicted octanol–water partition coefficient (Wildman–Crippen LogP) is 4.32. The summed E-state index contributed by atoms with van der Waals surface area (Å²) < 4.78 is 7.15. The molecule has 0 saturated carbocycles. The van der Waals surface area contributed by atoms with Crippen molar-refractivity contribution in [3.05, 3.63) is 40.7 Å². The smallest absolute Gasteiger partial charge is 0.237 e. The number of hydrogen-bond donors (Lipinski definition) is 1. The standard InChI is InChI=1S/C17H17ClN4O2S2/c1-10(16(23)19-12-9-11(18)6-7-13(12)24-3)26-17-21-20-15(22(17)2)14-5-4-8-25-14/h4-10H,1-3H3,(H,19,23). The molecule has 1 atom stereocenters. The number of carbonyl (C=O) groups excluding carboxylic acids is 1. The van der Waals surface area contributed by atoms with E-state index in [2.05, 4.69) is 15.5 Å². The van der Waals surface area contributed by atoms with Gasteiger partial charge in [-0.25, -0.2) is 0 Å². The molecule has 0 aliphatic heterocycles. The number of methoxy groups -OCH3 is 1. The summed E-state index contributed by atoms with van der Waals surface area (Å²) in [6.45, 7) is 1.82. The van der Waals surface area contributed by atoms with Gasteiger partial charge in [0.15, 0.2) is 11.0 Å². The Morgan fingerprint density at radius 1 is 1.38 bits per heavy atom. The zero-order valence-corrected chi connectivity index (χ0v) is 16.8. The first kappa shape index (κ1) is 18.8. The number of halogens is 1. The van der Waals surface area contributed by atoms with Crippen LogP contribution < -0.4 is 10.1 Å². The van der Waals surface area contributed by atoms with Gasteiger partial charge in [-0.05, 0) is 36.6 Å². The van der Waals surface area contributed by atoms with Crippen LogP contribution in [0.15, 0.2) is 40.9 Å². The first-order valence-electron chi connectivity index (χ1n) is 7.74. The molecular weight excluding hydrogens is 392 g/mol. The maximum atomic E-state index is 12.6. The fourth-order valence-corrected chi connectivity index (χ4v) is 3.99. The fourth-order valence-electron chi connectivity index (χ4n) is 2.26. The van der Waals surface area contributed by atoms with Crippen molar-refractivity contribution in [2.24, 2.45) is 7.05 Å². The topological polar surface area (TPSA) is 69.0 Å². The Bertz CT molecular complexity index is 912. The van der Waals surface area contributed by atoms with Crippen LogP contribution in [-0.2, 0) is 11.8 Å². The third-order valence-corrected chi connectivity index (χ3v) is 5.88. The molecule has 9 heteroatoms. The third-order valence-electron chi connectivity index (χ3n) is 3.65. The Morgan fingerprint density at radius 2 is 2.19 bits per heavy atom. The summed E-state index contributed by atoms with van der Waals surface area (Å²) in [5.41, 5.74) is 0.537. The SMILES string of the molecule is COc1ccc(Cl)cc1NC(=O)C(C)Sc1nnc(-c2cccs2)n1C. The molecule has 0 aliphatic rings. The second-order valence-corrected chi connectivity index (χ2v) is 8.13. The Labute approximate surface area is 164 Å². The molecule has 1 amide bonds. The molecule has 0 fully saturated rings. The number of nitrogens with one attached hydrogen (secondary N) is 1. The number of anilines is 1. The number of aromatic nitrogens is 3. The number of carbonyl (C=O) groups is 1. The first-order valence-corrected chi connectivity index (χ1v) is 9.87. The lowest BCUT2D eigenvalue weighted by molar-refractivity contribution is -0.115. The van der Waals surface area contributed by atoms with E-state index in [0.717, 1.165) is 10.7 Å². The molecular formula is C17H17ClN4O2S2. The van der Waals surface area contributed by atoms with Gasteiger partial charge in [0.2, 0.25) is 5.91 Å². The number of nitrogens with zero attached hydrogens (tertiary/aromatic N) is 3. The number of rotatable bonds is 6. The van der Waals surface area contributed by atoms with Crippen LogP contribution in [0.1, 0.15) is 6.92 Å². The van der Waals surface area contributed by atoms with Gasteiger partial charge in [-0.2, -0.15) is 0 Å². The summed E-state index contributed by atoms with van der Waals surface area (Å²) in [6.07, 6.45) is 0. The molecule has 0 aliphatic carbocycles. The van der Waals surface area contributed by atoms with E-state index in [4.69, 9.17) is 16.3 Å². The fraction of sp³-hybridized carbons (Fsp3) is 0.235. The van der Waals surface area contributed by atoms with Crippen LogP contribution in [0.5, 0.6) is 5.75 Å². The van der Waals surface area contributed by atoms with E-state index in [0.29, 0.717) is 21.6 Å². The number of hydrogen-bond acceptors (Lipinski definition) is 6. The molecule has 3 aromatic rings. The first-order chi connectivity index (χ1) is 12.5. The molecule has 2 heterocycles. The van der Waals surface area contributed by atoms with Crippen LogP contribution in [0, 0.1) is 0 Å². The second-order valence-electron chi connectivity index (χ2n) is 5.44. The van der Waals surface area contributed by atoms with Gasteiger partial charge in [0.05, 0.1) is 22.9 Å². The van der Waals surface area contributed by atoms with E-state index >= 15 is 0 Å². The van der Waals surface area contributed by atoms with Gasteiger partial charge in [0, 0.05) is 12.1 Å². The molecule has 0 spiro atoms. The Morgan fingerprint density at radius 3 is 2.88 bits per heavy atom. The molecule has 6 nitrogen and oxygen atoms in total. The van der Waals surface area contributed by atoms with Crippen LogP contribution in [-0.4, -0.2) is 33.0 Å². The Balaban J connectivity index is 1.71. The van der Waals surface area contributed by atoms with Gasteiger partial charge < -0.3 is 14.6 Å². The van der Waals surface area contributed by atoms with Crippen molar-refractivity contribution in [2.45, 2.75) is 17.3 Å². The van der Waals surface area contributed by atoms with Crippen LogP contribution in [0.3, 0.4) is 0 Å².